The van der Waals surface area contributed by atoms with Gasteiger partial charge in [0.1, 0.15) is 5.01 Å². The van der Waals surface area contributed by atoms with Gasteiger partial charge in [-0.1, -0.05) is 46.0 Å². The van der Waals surface area contributed by atoms with Crippen LogP contribution in [-0.2, 0) is 5.54 Å². The van der Waals surface area contributed by atoms with E-state index >= 15 is 0 Å². The van der Waals surface area contributed by atoms with Crippen molar-refractivity contribution in [2.24, 2.45) is 0 Å². The van der Waals surface area contributed by atoms with E-state index in [1.54, 1.807) is 0 Å². The first kappa shape index (κ1) is 14.5. The molecule has 2 nitrogen and oxygen atoms in total. The third-order valence-corrected chi connectivity index (χ3v) is 5.85. The van der Waals surface area contributed by atoms with E-state index in [-0.39, 0.29) is 5.54 Å². The molecular weight excluding hydrogens is 264 g/mol. The first-order valence-corrected chi connectivity index (χ1v) is 9.31. The largest absolute Gasteiger partial charge is 0.303 e. The van der Waals surface area contributed by atoms with E-state index in [0.717, 1.165) is 6.04 Å². The van der Waals surface area contributed by atoms with Gasteiger partial charge in [0.05, 0.1) is 11.2 Å². The third-order valence-electron chi connectivity index (χ3n) is 4.79. The fourth-order valence-corrected chi connectivity index (χ4v) is 4.52. The highest BCUT2D eigenvalue weighted by molar-refractivity contribution is 7.09. The molecule has 2 fully saturated rings. The van der Waals surface area contributed by atoms with Gasteiger partial charge in [0.2, 0.25) is 0 Å². The summed E-state index contributed by atoms with van der Waals surface area (Å²) in [5, 5.41) is 7.65. The van der Waals surface area contributed by atoms with Gasteiger partial charge in [-0.05, 0) is 31.6 Å². The first-order chi connectivity index (χ1) is 9.70. The Morgan fingerprint density at radius 2 is 1.80 bits per heavy atom. The van der Waals surface area contributed by atoms with Crippen LogP contribution in [0.5, 0.6) is 0 Å². The normalized spacial score (nSPS) is 23.6. The van der Waals surface area contributed by atoms with Crippen molar-refractivity contribution in [2.45, 2.75) is 89.1 Å². The Hall–Kier alpha value is -0.410. The fourth-order valence-electron chi connectivity index (χ4n) is 3.32. The smallest absolute Gasteiger partial charge is 0.113 e. The second kappa shape index (κ2) is 6.15. The zero-order valence-corrected chi connectivity index (χ0v) is 13.8. The highest BCUT2D eigenvalue weighted by Gasteiger charge is 2.39. The van der Waals surface area contributed by atoms with Crippen molar-refractivity contribution in [3.05, 3.63) is 16.1 Å². The molecule has 0 bridgehead atoms. The van der Waals surface area contributed by atoms with E-state index in [4.69, 9.17) is 4.98 Å². The van der Waals surface area contributed by atoms with Crippen molar-refractivity contribution in [1.29, 1.82) is 0 Å². The molecule has 0 amide bonds. The number of hydrogen-bond acceptors (Lipinski definition) is 3. The number of aromatic nitrogens is 1. The van der Waals surface area contributed by atoms with Crippen LogP contribution < -0.4 is 5.32 Å². The van der Waals surface area contributed by atoms with Crippen molar-refractivity contribution >= 4 is 11.3 Å². The maximum atomic E-state index is 5.01. The molecular formula is C17H28N2S. The van der Waals surface area contributed by atoms with Gasteiger partial charge in [0, 0.05) is 11.4 Å². The Bertz CT molecular complexity index is 426. The van der Waals surface area contributed by atoms with E-state index in [2.05, 4.69) is 24.5 Å². The summed E-state index contributed by atoms with van der Waals surface area (Å²) in [4.78, 5) is 5.01. The van der Waals surface area contributed by atoms with Crippen molar-refractivity contribution < 1.29 is 0 Å². The van der Waals surface area contributed by atoms with E-state index in [1.807, 2.05) is 11.3 Å². The van der Waals surface area contributed by atoms with Gasteiger partial charge in [-0.3, -0.25) is 0 Å². The van der Waals surface area contributed by atoms with Crippen molar-refractivity contribution in [2.75, 3.05) is 0 Å². The molecule has 0 unspecified atom stereocenters. The summed E-state index contributed by atoms with van der Waals surface area (Å²) >= 11 is 1.90. The van der Waals surface area contributed by atoms with Gasteiger partial charge >= 0.3 is 0 Å². The topological polar surface area (TPSA) is 24.9 Å². The molecule has 3 heteroatoms. The Labute approximate surface area is 127 Å². The SMILES string of the molecule is CC(C)c1csc(C2(NC3CC3)CCCCCCC2)n1. The van der Waals surface area contributed by atoms with Gasteiger partial charge < -0.3 is 5.32 Å². The number of rotatable bonds is 4. The molecule has 112 valence electrons. The number of nitrogens with zero attached hydrogens (tertiary/aromatic N) is 1. The molecule has 0 aliphatic heterocycles. The zero-order valence-electron chi connectivity index (χ0n) is 13.0. The number of nitrogens with one attached hydrogen (secondary N) is 1. The van der Waals surface area contributed by atoms with Gasteiger partial charge in [0.25, 0.3) is 0 Å². The molecule has 20 heavy (non-hydrogen) atoms. The standard InChI is InChI=1S/C17H28N2S/c1-13(2)15-12-20-16(18-15)17(19-14-8-9-14)10-6-4-3-5-7-11-17/h12-14,19H,3-11H2,1-2H3. The van der Waals surface area contributed by atoms with Gasteiger partial charge in [-0.25, -0.2) is 4.98 Å². The minimum atomic E-state index is 0.194. The number of thiazole rings is 1. The summed E-state index contributed by atoms with van der Waals surface area (Å²) in [6.45, 7) is 4.50. The second-order valence-electron chi connectivity index (χ2n) is 7.00. The Morgan fingerprint density at radius 3 is 2.35 bits per heavy atom. The summed E-state index contributed by atoms with van der Waals surface area (Å²) in [6, 6.07) is 0.765. The molecule has 0 atom stereocenters. The minimum Gasteiger partial charge on any atom is -0.303 e. The molecule has 2 aliphatic rings. The summed E-state index contributed by atoms with van der Waals surface area (Å²) in [6.07, 6.45) is 12.2. The monoisotopic (exact) mass is 292 g/mol. The van der Waals surface area contributed by atoms with E-state index < -0.39 is 0 Å². The lowest BCUT2D eigenvalue weighted by Crippen LogP contribution is -2.44. The molecule has 1 aromatic heterocycles. The predicted molar refractivity (Wildman–Crippen MR) is 86.4 cm³/mol. The van der Waals surface area contributed by atoms with Crippen LogP contribution in [0.1, 0.15) is 88.3 Å². The van der Waals surface area contributed by atoms with Crippen molar-refractivity contribution in [1.82, 2.24) is 10.3 Å². The van der Waals surface area contributed by atoms with Crippen LogP contribution in [0, 0.1) is 0 Å². The molecule has 0 radical (unpaired) electrons. The van der Waals surface area contributed by atoms with Crippen LogP contribution in [0.4, 0.5) is 0 Å². The number of hydrogen-bond donors (Lipinski definition) is 1. The highest BCUT2D eigenvalue weighted by Crippen LogP contribution is 2.40. The Balaban J connectivity index is 1.85. The first-order valence-electron chi connectivity index (χ1n) is 8.43. The average Bonchev–Trinajstić information content (AvgIpc) is 3.04. The molecule has 2 aliphatic carbocycles. The lowest BCUT2D eigenvalue weighted by atomic mass is 9.84. The summed E-state index contributed by atoms with van der Waals surface area (Å²) in [5.74, 6) is 0.548. The van der Waals surface area contributed by atoms with Gasteiger partial charge in [0.15, 0.2) is 0 Å². The van der Waals surface area contributed by atoms with Gasteiger partial charge in [-0.2, -0.15) is 0 Å². The average molecular weight is 292 g/mol. The molecule has 1 heterocycles. The molecule has 0 spiro atoms. The quantitative estimate of drug-likeness (QED) is 0.848. The van der Waals surface area contributed by atoms with Crippen LogP contribution in [0.2, 0.25) is 0 Å². The van der Waals surface area contributed by atoms with E-state index in [1.165, 1.54) is 68.5 Å². The zero-order chi connectivity index (χ0) is 14.0. The van der Waals surface area contributed by atoms with Crippen molar-refractivity contribution in [3.8, 4) is 0 Å². The maximum absolute atomic E-state index is 5.01. The molecule has 0 saturated heterocycles. The van der Waals surface area contributed by atoms with Crippen LogP contribution >= 0.6 is 11.3 Å². The summed E-state index contributed by atoms with van der Waals surface area (Å²) in [7, 11) is 0. The van der Waals surface area contributed by atoms with Crippen LogP contribution in [-0.4, -0.2) is 11.0 Å². The maximum Gasteiger partial charge on any atom is 0.113 e. The lowest BCUT2D eigenvalue weighted by Gasteiger charge is -2.35. The van der Waals surface area contributed by atoms with Crippen LogP contribution in [0.15, 0.2) is 5.38 Å². The van der Waals surface area contributed by atoms with E-state index in [0.29, 0.717) is 5.92 Å². The van der Waals surface area contributed by atoms with Crippen LogP contribution in [0.3, 0.4) is 0 Å². The summed E-state index contributed by atoms with van der Waals surface area (Å²) < 4.78 is 0. The molecule has 3 rings (SSSR count). The van der Waals surface area contributed by atoms with E-state index in [9.17, 15) is 0 Å². The fraction of sp³-hybridized carbons (Fsp3) is 0.824. The molecule has 1 aromatic rings. The molecule has 1 N–H and O–H groups in total. The minimum absolute atomic E-state index is 0.194. The summed E-state index contributed by atoms with van der Waals surface area (Å²) in [5.41, 5.74) is 1.48. The third kappa shape index (κ3) is 3.25. The highest BCUT2D eigenvalue weighted by atomic mass is 32.1. The molecule has 2 saturated carbocycles. The predicted octanol–water partition coefficient (Wildman–Crippen LogP) is 4.96. The molecule has 0 aromatic carbocycles. The second-order valence-corrected chi connectivity index (χ2v) is 7.86. The Kier molecular flexibility index (Phi) is 4.46. The van der Waals surface area contributed by atoms with Crippen LogP contribution in [0.25, 0.3) is 0 Å². The lowest BCUT2D eigenvalue weighted by molar-refractivity contribution is 0.248. The Morgan fingerprint density at radius 1 is 1.15 bits per heavy atom. The van der Waals surface area contributed by atoms with Crippen molar-refractivity contribution in [3.63, 3.8) is 0 Å². The van der Waals surface area contributed by atoms with Gasteiger partial charge in [-0.15, -0.1) is 11.3 Å².